The Morgan fingerprint density at radius 2 is 1.69 bits per heavy atom. The van der Waals surface area contributed by atoms with Crippen molar-refractivity contribution in [1.82, 2.24) is 9.80 Å². The van der Waals surface area contributed by atoms with Crippen LogP contribution in [0.15, 0.2) is 54.6 Å². The Balaban J connectivity index is 1.33. The lowest BCUT2D eigenvalue weighted by atomic mass is 9.98. The molecule has 2 amide bonds. The van der Waals surface area contributed by atoms with Crippen LogP contribution in [-0.2, 0) is 14.3 Å². The highest BCUT2D eigenvalue weighted by Crippen LogP contribution is 2.46. The lowest BCUT2D eigenvalue weighted by Gasteiger charge is -2.41. The summed E-state index contributed by atoms with van der Waals surface area (Å²) < 4.78 is 57.6. The molecule has 36 heavy (non-hydrogen) atoms. The predicted molar refractivity (Wildman–Crippen MR) is 122 cm³/mol. The van der Waals surface area contributed by atoms with E-state index in [0.717, 1.165) is 4.90 Å². The first-order valence-corrected chi connectivity index (χ1v) is 11.4. The largest absolute Gasteiger partial charge is 0.471 e. The Bertz CT molecular complexity index is 1160. The number of likely N-dealkylation sites (tertiary alicyclic amines) is 1. The Kier molecular flexibility index (Phi) is 7.14. The third-order valence-corrected chi connectivity index (χ3v) is 6.43. The van der Waals surface area contributed by atoms with E-state index < -0.39 is 29.9 Å². The van der Waals surface area contributed by atoms with Crippen LogP contribution in [0.1, 0.15) is 33.8 Å². The molecule has 2 fully saturated rings. The van der Waals surface area contributed by atoms with Gasteiger partial charge in [-0.25, -0.2) is 9.18 Å². The van der Waals surface area contributed by atoms with Gasteiger partial charge in [-0.15, -0.1) is 0 Å². The smallest absolute Gasteiger partial charge is 0.465 e. The summed E-state index contributed by atoms with van der Waals surface area (Å²) in [4.78, 5) is 38.4. The molecule has 0 bridgehead atoms. The highest BCUT2D eigenvalue weighted by Gasteiger charge is 2.52. The zero-order valence-electron chi connectivity index (χ0n) is 19.4. The van der Waals surface area contributed by atoms with E-state index in [4.69, 9.17) is 0 Å². The first-order chi connectivity index (χ1) is 17.1. The highest BCUT2D eigenvalue weighted by atomic mass is 19.4. The third kappa shape index (κ3) is 5.75. The Labute approximate surface area is 205 Å². The zero-order valence-corrected chi connectivity index (χ0v) is 19.4. The van der Waals surface area contributed by atoms with Gasteiger partial charge in [0.05, 0.1) is 12.7 Å². The molecule has 2 unspecified atom stereocenters. The summed E-state index contributed by atoms with van der Waals surface area (Å²) in [6, 6.07) is 11.4. The average Bonchev–Trinajstić information content (AvgIpc) is 3.62. The Morgan fingerprint density at radius 1 is 1.06 bits per heavy atom. The second-order valence-electron chi connectivity index (χ2n) is 8.97. The highest BCUT2D eigenvalue weighted by molar-refractivity contribution is 5.93. The van der Waals surface area contributed by atoms with Gasteiger partial charge in [-0.3, -0.25) is 9.59 Å². The van der Waals surface area contributed by atoms with Gasteiger partial charge in [-0.05, 0) is 47.9 Å². The van der Waals surface area contributed by atoms with Crippen LogP contribution in [0, 0.1) is 11.7 Å². The van der Waals surface area contributed by atoms with E-state index in [2.05, 4.69) is 4.74 Å². The molecule has 2 aromatic carbocycles. The summed E-state index contributed by atoms with van der Waals surface area (Å²) in [6.45, 7) is 0.364. The van der Waals surface area contributed by atoms with E-state index in [1.165, 1.54) is 42.4 Å². The number of hydrogen-bond acceptors (Lipinski definition) is 4. The van der Waals surface area contributed by atoms with Crippen LogP contribution >= 0.6 is 0 Å². The number of rotatable bonds is 7. The monoisotopic (exact) mass is 504 g/mol. The van der Waals surface area contributed by atoms with Crippen molar-refractivity contribution in [1.29, 1.82) is 0 Å². The predicted octanol–water partition coefficient (Wildman–Crippen LogP) is 4.03. The van der Waals surface area contributed by atoms with Crippen molar-refractivity contribution in [2.24, 2.45) is 5.92 Å². The number of benzene rings is 2. The molecule has 190 valence electrons. The molecule has 1 heterocycles. The molecule has 0 spiro atoms. The van der Waals surface area contributed by atoms with Crippen molar-refractivity contribution < 1.29 is 36.7 Å². The first kappa shape index (κ1) is 25.4. The van der Waals surface area contributed by atoms with Crippen LogP contribution in [0.2, 0.25) is 0 Å². The molecule has 0 N–H and O–H groups in total. The van der Waals surface area contributed by atoms with E-state index in [0.29, 0.717) is 23.1 Å². The van der Waals surface area contributed by atoms with E-state index in [-0.39, 0.29) is 37.4 Å². The molecule has 4 rings (SSSR count). The van der Waals surface area contributed by atoms with Crippen LogP contribution in [0.4, 0.5) is 17.6 Å². The minimum atomic E-state index is -5.00. The molecule has 6 nitrogen and oxygen atoms in total. The molecule has 2 atom stereocenters. The van der Waals surface area contributed by atoms with Gasteiger partial charge in [0.25, 0.3) is 0 Å². The normalized spacial score (nSPS) is 19.6. The minimum absolute atomic E-state index is 0.108. The second-order valence-corrected chi connectivity index (χ2v) is 8.97. The maximum atomic E-state index is 13.3. The molecule has 0 aromatic heterocycles. The van der Waals surface area contributed by atoms with Crippen LogP contribution < -0.4 is 0 Å². The van der Waals surface area contributed by atoms with Crippen molar-refractivity contribution in [2.45, 2.75) is 24.6 Å². The summed E-state index contributed by atoms with van der Waals surface area (Å²) in [7, 11) is 1.28. The minimum Gasteiger partial charge on any atom is -0.465 e. The number of nitrogens with zero attached hydrogens (tertiary/aromatic N) is 2. The summed E-state index contributed by atoms with van der Waals surface area (Å²) in [6.07, 6.45) is -1.69. The average molecular weight is 504 g/mol. The summed E-state index contributed by atoms with van der Waals surface area (Å²) in [5, 5.41) is 0. The SMILES string of the molecule is COC(=O)c1ccc(/C=C/C(=O)N2CC(CN(C(=O)C(F)(F)F)C3CC3c3ccc(F)cc3)C2)cc1. The summed E-state index contributed by atoms with van der Waals surface area (Å²) in [5.41, 5.74) is 1.76. The van der Waals surface area contributed by atoms with E-state index in [9.17, 15) is 31.9 Å². The Hall–Kier alpha value is -3.69. The summed E-state index contributed by atoms with van der Waals surface area (Å²) in [5.74, 6) is -3.65. The zero-order chi connectivity index (χ0) is 26.0. The van der Waals surface area contributed by atoms with Gasteiger partial charge in [0.15, 0.2) is 0 Å². The van der Waals surface area contributed by atoms with Gasteiger partial charge >= 0.3 is 18.1 Å². The van der Waals surface area contributed by atoms with Crippen molar-refractivity contribution in [3.63, 3.8) is 0 Å². The van der Waals surface area contributed by atoms with E-state index >= 15 is 0 Å². The number of carbonyl (C=O) groups excluding carboxylic acids is 3. The van der Waals surface area contributed by atoms with E-state index in [1.54, 1.807) is 30.3 Å². The van der Waals surface area contributed by atoms with Gasteiger partial charge in [-0.2, -0.15) is 13.2 Å². The number of amides is 2. The molecule has 2 aliphatic rings. The molecule has 1 saturated heterocycles. The fraction of sp³-hybridized carbons (Fsp3) is 0.346. The molecular formula is C26H24F4N2O4. The number of carbonyl (C=O) groups is 3. The van der Waals surface area contributed by atoms with Crippen molar-refractivity contribution >= 4 is 23.9 Å². The number of alkyl halides is 3. The third-order valence-electron chi connectivity index (χ3n) is 6.43. The molecule has 1 aliphatic heterocycles. The molecule has 1 saturated carbocycles. The lowest BCUT2D eigenvalue weighted by molar-refractivity contribution is -0.187. The number of hydrogen-bond donors (Lipinski definition) is 0. The van der Waals surface area contributed by atoms with Crippen molar-refractivity contribution in [3.8, 4) is 0 Å². The number of esters is 1. The molecular weight excluding hydrogens is 480 g/mol. The molecule has 2 aromatic rings. The van der Waals surface area contributed by atoms with Crippen LogP contribution in [-0.4, -0.2) is 66.5 Å². The van der Waals surface area contributed by atoms with Crippen molar-refractivity contribution in [2.75, 3.05) is 26.7 Å². The van der Waals surface area contributed by atoms with Gasteiger partial charge in [0, 0.05) is 43.6 Å². The topological polar surface area (TPSA) is 66.9 Å². The number of ether oxygens (including phenoxy) is 1. The van der Waals surface area contributed by atoms with Gasteiger partial charge in [0.1, 0.15) is 5.82 Å². The van der Waals surface area contributed by atoms with Gasteiger partial charge in [-0.1, -0.05) is 24.3 Å². The lowest BCUT2D eigenvalue weighted by Crippen LogP contribution is -2.56. The second kappa shape index (κ2) is 10.1. The van der Waals surface area contributed by atoms with Crippen LogP contribution in [0.25, 0.3) is 6.08 Å². The van der Waals surface area contributed by atoms with E-state index in [1.807, 2.05) is 0 Å². The maximum absolute atomic E-state index is 13.3. The standard InChI is InChI=1S/C26H24F4N2O4/c1-36-24(34)19-5-2-16(3-6-19)4-11-23(33)31-13-17(14-31)15-32(25(35)26(28,29)30)22-12-21(22)18-7-9-20(27)10-8-18/h2-11,17,21-22H,12-15H2,1H3/b11-4+. The summed E-state index contributed by atoms with van der Waals surface area (Å²) >= 11 is 0. The first-order valence-electron chi connectivity index (χ1n) is 11.4. The van der Waals surface area contributed by atoms with Gasteiger partial charge in [0.2, 0.25) is 5.91 Å². The fourth-order valence-corrected chi connectivity index (χ4v) is 4.39. The quantitative estimate of drug-likeness (QED) is 0.325. The fourth-order valence-electron chi connectivity index (χ4n) is 4.39. The molecule has 0 radical (unpaired) electrons. The number of halogens is 4. The van der Waals surface area contributed by atoms with Crippen molar-refractivity contribution in [3.05, 3.63) is 77.1 Å². The van der Waals surface area contributed by atoms with Gasteiger partial charge < -0.3 is 14.5 Å². The molecule has 1 aliphatic carbocycles. The molecule has 10 heteroatoms. The van der Waals surface area contributed by atoms with Crippen LogP contribution in [0.3, 0.4) is 0 Å². The Morgan fingerprint density at radius 3 is 2.28 bits per heavy atom. The number of methoxy groups -OCH3 is 1. The van der Waals surface area contributed by atoms with Crippen LogP contribution in [0.5, 0.6) is 0 Å². The maximum Gasteiger partial charge on any atom is 0.471 e.